The molecule has 1 atom stereocenters. The lowest BCUT2D eigenvalue weighted by Gasteiger charge is -2.31. The number of amides is 1. The van der Waals surface area contributed by atoms with Gasteiger partial charge in [-0.1, -0.05) is 24.3 Å². The molecular weight excluding hydrogens is 534 g/mol. The third kappa shape index (κ3) is 5.68. The molecule has 4 N–H and O–H groups in total. The number of hydrogen-bond acceptors (Lipinski definition) is 11. The van der Waals surface area contributed by atoms with Crippen molar-refractivity contribution in [1.82, 2.24) is 24.9 Å². The molecule has 0 saturated carbocycles. The fraction of sp³-hybridized carbons (Fsp3) is 0.200. The number of methoxy groups -OCH3 is 2. The molecule has 1 aliphatic heterocycles. The number of rotatable bonds is 8. The van der Waals surface area contributed by atoms with Gasteiger partial charge in [0.1, 0.15) is 11.9 Å². The highest BCUT2D eigenvalue weighted by Gasteiger charge is 2.30. The Labute approximate surface area is 243 Å². The van der Waals surface area contributed by atoms with Crippen molar-refractivity contribution in [1.29, 1.82) is 0 Å². The van der Waals surface area contributed by atoms with Crippen LogP contribution in [0.5, 0.6) is 11.5 Å². The van der Waals surface area contributed by atoms with Crippen molar-refractivity contribution in [3.63, 3.8) is 0 Å². The van der Waals surface area contributed by atoms with Crippen LogP contribution in [0.25, 0.3) is 6.08 Å². The van der Waals surface area contributed by atoms with Crippen molar-refractivity contribution in [3.8, 4) is 11.5 Å². The van der Waals surface area contributed by atoms with E-state index in [1.54, 1.807) is 45.1 Å². The Morgan fingerprint density at radius 1 is 1.05 bits per heavy atom. The summed E-state index contributed by atoms with van der Waals surface area (Å²) in [6.07, 6.45) is 10.3. The molecule has 0 fully saturated rings. The van der Waals surface area contributed by atoms with E-state index < -0.39 is 6.04 Å². The first-order chi connectivity index (χ1) is 20.3. The highest BCUT2D eigenvalue weighted by molar-refractivity contribution is 5.95. The lowest BCUT2D eigenvalue weighted by Crippen LogP contribution is -2.33. The lowest BCUT2D eigenvalue weighted by molar-refractivity contribution is -0.127. The first-order valence-electron chi connectivity index (χ1n) is 13.0. The van der Waals surface area contributed by atoms with Crippen LogP contribution < -0.4 is 25.8 Å². The Morgan fingerprint density at radius 3 is 2.50 bits per heavy atom. The average Bonchev–Trinajstić information content (AvgIpc) is 3.00. The van der Waals surface area contributed by atoms with Crippen LogP contribution in [0.1, 0.15) is 39.4 Å². The van der Waals surface area contributed by atoms with E-state index in [1.807, 2.05) is 55.4 Å². The van der Waals surface area contributed by atoms with Gasteiger partial charge in [0.2, 0.25) is 11.9 Å². The number of carbonyl (C=O) groups excluding carboxylic acids is 1. The van der Waals surface area contributed by atoms with Crippen LogP contribution >= 0.6 is 0 Å². The summed E-state index contributed by atoms with van der Waals surface area (Å²) in [5.74, 6) is 1.59. The monoisotopic (exact) mass is 565 g/mol. The summed E-state index contributed by atoms with van der Waals surface area (Å²) in [7, 11) is 6.83. The molecule has 0 radical (unpaired) electrons. The molecule has 2 aromatic heterocycles. The molecule has 1 amide bonds. The summed E-state index contributed by atoms with van der Waals surface area (Å²) in [5, 5.41) is 5.94. The smallest absolute Gasteiger partial charge is 0.267 e. The van der Waals surface area contributed by atoms with E-state index in [-0.39, 0.29) is 11.9 Å². The fourth-order valence-electron chi connectivity index (χ4n) is 4.72. The van der Waals surface area contributed by atoms with Gasteiger partial charge in [-0.05, 0) is 29.3 Å². The second-order valence-electron chi connectivity index (χ2n) is 9.74. The molecular formula is C30H31N9O3. The van der Waals surface area contributed by atoms with Crippen LogP contribution in [0.3, 0.4) is 0 Å². The molecule has 0 saturated heterocycles. The summed E-state index contributed by atoms with van der Waals surface area (Å²) in [6.45, 7) is 0. The molecule has 12 heteroatoms. The van der Waals surface area contributed by atoms with Gasteiger partial charge < -0.3 is 25.8 Å². The van der Waals surface area contributed by atoms with Crippen LogP contribution in [0.15, 0.2) is 66.2 Å². The summed E-state index contributed by atoms with van der Waals surface area (Å²) in [6, 6.07) is 11.0. The second-order valence-corrected chi connectivity index (χ2v) is 9.74. The average molecular weight is 566 g/mol. The highest BCUT2D eigenvalue weighted by Crippen LogP contribution is 2.36. The summed E-state index contributed by atoms with van der Waals surface area (Å²) >= 11 is 0. The van der Waals surface area contributed by atoms with E-state index in [0.717, 1.165) is 22.3 Å². The Balaban J connectivity index is 1.49. The summed E-state index contributed by atoms with van der Waals surface area (Å²) < 4.78 is 11.2. The zero-order chi connectivity index (χ0) is 29.8. The molecule has 214 valence electrons. The topological polar surface area (TPSA) is 158 Å². The standard InChI is InChI=1S/C30H31N9O3/c1-38(2)30-34-15-22(16-35-30)26-23-8-6-5-7-20(23)17-36-39(26)25(40)10-9-19-11-18(13-24(41-3)27(19)42-4)12-21-14-33-29(32)37-28(21)31/h5-11,13-17,26H,12H2,1-4H3,(H4,31,32,33,37)/b10-9+/t26-/m0/s1. The maximum absolute atomic E-state index is 13.7. The van der Waals surface area contributed by atoms with Gasteiger partial charge in [-0.15, -0.1) is 0 Å². The number of nitrogens with zero attached hydrogens (tertiary/aromatic N) is 7. The lowest BCUT2D eigenvalue weighted by atomic mass is 9.94. The Kier molecular flexibility index (Phi) is 7.96. The number of ether oxygens (including phenoxy) is 2. The van der Waals surface area contributed by atoms with Crippen LogP contribution in [0.4, 0.5) is 17.7 Å². The van der Waals surface area contributed by atoms with Gasteiger partial charge in [0.25, 0.3) is 5.91 Å². The van der Waals surface area contributed by atoms with Gasteiger partial charge >= 0.3 is 0 Å². The van der Waals surface area contributed by atoms with E-state index in [1.165, 1.54) is 11.1 Å². The third-order valence-electron chi connectivity index (χ3n) is 6.74. The molecule has 0 bridgehead atoms. The zero-order valence-electron chi connectivity index (χ0n) is 23.7. The largest absolute Gasteiger partial charge is 0.493 e. The van der Waals surface area contributed by atoms with Crippen molar-refractivity contribution in [2.75, 3.05) is 44.7 Å². The molecule has 12 nitrogen and oxygen atoms in total. The first-order valence-corrected chi connectivity index (χ1v) is 13.0. The number of carbonyl (C=O) groups is 1. The van der Waals surface area contributed by atoms with Gasteiger partial charge in [0, 0.05) is 67.4 Å². The molecule has 4 aromatic rings. The number of hydrazone groups is 1. The minimum absolute atomic E-state index is 0.104. The molecule has 5 rings (SSSR count). The Bertz CT molecular complexity index is 1670. The zero-order valence-corrected chi connectivity index (χ0v) is 23.7. The van der Waals surface area contributed by atoms with Crippen molar-refractivity contribution in [2.24, 2.45) is 5.10 Å². The van der Waals surface area contributed by atoms with Gasteiger partial charge in [0.15, 0.2) is 11.5 Å². The van der Waals surface area contributed by atoms with E-state index in [0.29, 0.717) is 40.8 Å². The van der Waals surface area contributed by atoms with E-state index in [2.05, 4.69) is 25.0 Å². The fourth-order valence-corrected chi connectivity index (χ4v) is 4.72. The number of benzene rings is 2. The SMILES string of the molecule is COc1cc(Cc2cnc(N)nc2N)cc(/C=C/C(=O)N2N=Cc3ccccc3[C@@H]2c2cnc(N(C)C)nc2)c1OC. The minimum Gasteiger partial charge on any atom is -0.493 e. The Hall–Kier alpha value is -5.52. The molecule has 0 aliphatic carbocycles. The second kappa shape index (κ2) is 11.9. The molecule has 0 unspecified atom stereocenters. The van der Waals surface area contributed by atoms with Crippen LogP contribution in [-0.2, 0) is 11.2 Å². The maximum Gasteiger partial charge on any atom is 0.267 e. The number of anilines is 3. The normalized spacial score (nSPS) is 14.1. The predicted octanol–water partition coefficient (Wildman–Crippen LogP) is 3.08. The van der Waals surface area contributed by atoms with Crippen LogP contribution in [-0.4, -0.2) is 65.4 Å². The number of aromatic nitrogens is 4. The van der Waals surface area contributed by atoms with Crippen LogP contribution in [0, 0.1) is 0 Å². The number of fused-ring (bicyclic) bond motifs is 1. The minimum atomic E-state index is -0.518. The predicted molar refractivity (Wildman–Crippen MR) is 161 cm³/mol. The number of hydrogen-bond donors (Lipinski definition) is 2. The summed E-state index contributed by atoms with van der Waals surface area (Å²) in [4.78, 5) is 32.5. The van der Waals surface area contributed by atoms with E-state index in [9.17, 15) is 4.79 Å². The van der Waals surface area contributed by atoms with E-state index in [4.69, 9.17) is 20.9 Å². The number of nitrogen functional groups attached to an aromatic ring is 2. The highest BCUT2D eigenvalue weighted by atomic mass is 16.5. The summed E-state index contributed by atoms with van der Waals surface area (Å²) in [5.41, 5.74) is 16.4. The quantitative estimate of drug-likeness (QED) is 0.304. The van der Waals surface area contributed by atoms with Crippen LogP contribution in [0.2, 0.25) is 0 Å². The van der Waals surface area contributed by atoms with Gasteiger partial charge in [0.05, 0.1) is 20.4 Å². The van der Waals surface area contributed by atoms with Crippen molar-refractivity contribution >= 4 is 35.9 Å². The van der Waals surface area contributed by atoms with Gasteiger partial charge in [-0.25, -0.2) is 20.0 Å². The first kappa shape index (κ1) is 28.0. The molecule has 0 spiro atoms. The van der Waals surface area contributed by atoms with Crippen molar-refractivity contribution < 1.29 is 14.3 Å². The van der Waals surface area contributed by atoms with Gasteiger partial charge in [-0.3, -0.25) is 4.79 Å². The Morgan fingerprint density at radius 2 is 1.81 bits per heavy atom. The number of nitrogens with two attached hydrogens (primary N) is 2. The third-order valence-corrected chi connectivity index (χ3v) is 6.74. The maximum atomic E-state index is 13.7. The molecule has 1 aliphatic rings. The van der Waals surface area contributed by atoms with E-state index >= 15 is 0 Å². The molecule has 42 heavy (non-hydrogen) atoms. The molecule has 2 aromatic carbocycles. The van der Waals surface area contributed by atoms with Gasteiger partial charge in [-0.2, -0.15) is 10.1 Å². The molecule has 3 heterocycles. The van der Waals surface area contributed by atoms with Crippen molar-refractivity contribution in [2.45, 2.75) is 12.5 Å². The van der Waals surface area contributed by atoms with Crippen molar-refractivity contribution in [3.05, 3.63) is 94.4 Å².